The summed E-state index contributed by atoms with van der Waals surface area (Å²) in [6, 6.07) is 0. The molecule has 0 saturated heterocycles. The predicted molar refractivity (Wildman–Crippen MR) is 38.9 cm³/mol. The molecule has 0 unspecified atom stereocenters. The molecule has 0 heterocycles. The lowest BCUT2D eigenvalue weighted by Gasteiger charge is -2.16. The minimum absolute atomic E-state index is 0. The summed E-state index contributed by atoms with van der Waals surface area (Å²) >= 11 is 0. The third kappa shape index (κ3) is 1.36. The third-order valence-electron chi connectivity index (χ3n) is 1.98. The van der Waals surface area contributed by atoms with Crippen molar-refractivity contribution in [3.8, 4) is 0 Å². The molecule has 1 aliphatic rings. The molecular formula is C8H16. The molecule has 0 spiro atoms. The molecule has 0 heteroatoms. The quantitative estimate of drug-likeness (QED) is 0.457. The van der Waals surface area contributed by atoms with E-state index in [4.69, 9.17) is 0 Å². The molecule has 48 valence electrons. The lowest BCUT2D eigenvalue weighted by molar-refractivity contribution is 0.420. The van der Waals surface area contributed by atoms with Crippen LogP contribution in [0.2, 0.25) is 0 Å². The highest BCUT2D eigenvalue weighted by Crippen LogP contribution is 2.23. The van der Waals surface area contributed by atoms with Crippen molar-refractivity contribution in [3.63, 3.8) is 0 Å². The molecular weight excluding hydrogens is 96.1 g/mol. The summed E-state index contributed by atoms with van der Waals surface area (Å²) in [7, 11) is 0. The molecule has 0 aromatic heterocycles. The van der Waals surface area contributed by atoms with Crippen molar-refractivity contribution in [3.05, 3.63) is 12.7 Å². The molecule has 0 radical (unpaired) electrons. The van der Waals surface area contributed by atoms with Crippen LogP contribution < -0.4 is 0 Å². The summed E-state index contributed by atoms with van der Waals surface area (Å²) in [5.41, 5.74) is 0. The molecule has 8 heavy (non-hydrogen) atoms. The fourth-order valence-electron chi connectivity index (χ4n) is 1.37. The van der Waals surface area contributed by atoms with Gasteiger partial charge in [-0.05, 0) is 18.8 Å². The largest absolute Gasteiger partial charge is 0.103 e. The van der Waals surface area contributed by atoms with Crippen LogP contribution in [-0.2, 0) is 0 Å². The number of hydrogen-bond acceptors (Lipinski definition) is 0. The summed E-state index contributed by atoms with van der Waals surface area (Å²) in [5, 5.41) is 0. The van der Waals surface area contributed by atoms with E-state index in [2.05, 4.69) is 12.7 Å². The predicted octanol–water partition coefficient (Wildman–Crippen LogP) is 3.00. The minimum Gasteiger partial charge on any atom is -0.103 e. The Morgan fingerprint density at radius 1 is 1.25 bits per heavy atom. The van der Waals surface area contributed by atoms with Crippen molar-refractivity contribution in [2.45, 2.75) is 32.1 Å². The Bertz CT molecular complexity index is 72.6. The second kappa shape index (κ2) is 2.91. The highest BCUT2D eigenvalue weighted by atomic mass is 14.1. The van der Waals surface area contributed by atoms with Gasteiger partial charge in [0.2, 0.25) is 0 Å². The first-order chi connectivity index (χ1) is 3.93. The maximum atomic E-state index is 3.78. The zero-order valence-electron chi connectivity index (χ0n) is 5.40. The summed E-state index contributed by atoms with van der Waals surface area (Å²) in [5.74, 6) is 0.851. The highest BCUT2D eigenvalue weighted by molar-refractivity contribution is 4.80. The van der Waals surface area contributed by atoms with Crippen molar-refractivity contribution in [1.29, 1.82) is 0 Å². The lowest BCUT2D eigenvalue weighted by Crippen LogP contribution is -2.01. The fraction of sp³-hybridized carbons (Fsp3) is 0.750. The van der Waals surface area contributed by atoms with E-state index in [0.29, 0.717) is 0 Å². The van der Waals surface area contributed by atoms with Gasteiger partial charge >= 0.3 is 0 Å². The molecule has 0 aliphatic heterocycles. The van der Waals surface area contributed by atoms with Crippen LogP contribution in [0, 0.1) is 5.92 Å². The average Bonchev–Trinajstić information content (AvgIpc) is 1.90. The zero-order valence-corrected chi connectivity index (χ0v) is 5.40. The van der Waals surface area contributed by atoms with E-state index < -0.39 is 0 Å². The van der Waals surface area contributed by atoms with Gasteiger partial charge in [0.15, 0.2) is 0 Å². The number of rotatable bonds is 1. The first-order valence-corrected chi connectivity index (χ1v) is 3.56. The van der Waals surface area contributed by atoms with Crippen LogP contribution in [0.5, 0.6) is 0 Å². The molecule has 0 amide bonds. The zero-order chi connectivity index (χ0) is 5.82. The van der Waals surface area contributed by atoms with Gasteiger partial charge < -0.3 is 0 Å². The van der Waals surface area contributed by atoms with E-state index in [1.165, 1.54) is 32.1 Å². The number of allylic oxidation sites excluding steroid dienone is 1. The molecule has 1 fully saturated rings. The van der Waals surface area contributed by atoms with Crippen LogP contribution in [0.3, 0.4) is 0 Å². The Balaban J connectivity index is 0.000000640. The van der Waals surface area contributed by atoms with E-state index in [9.17, 15) is 0 Å². The summed E-state index contributed by atoms with van der Waals surface area (Å²) in [4.78, 5) is 0. The Morgan fingerprint density at radius 3 is 2.25 bits per heavy atom. The Labute approximate surface area is 53.1 Å². The van der Waals surface area contributed by atoms with Crippen LogP contribution in [0.1, 0.15) is 33.5 Å². The van der Waals surface area contributed by atoms with Gasteiger partial charge in [-0.15, -0.1) is 6.58 Å². The molecule has 1 aliphatic carbocycles. The molecule has 1 rings (SSSR count). The standard InChI is InChI=1S/C8H14.H2/c1-2-8-6-4-3-5-7-8;/h2,8H,1,3-7H2;1H. The molecule has 0 N–H and O–H groups in total. The van der Waals surface area contributed by atoms with Gasteiger partial charge in [-0.25, -0.2) is 0 Å². The third-order valence-corrected chi connectivity index (χ3v) is 1.98. The van der Waals surface area contributed by atoms with Gasteiger partial charge in [-0.3, -0.25) is 0 Å². The highest BCUT2D eigenvalue weighted by Gasteiger charge is 2.07. The van der Waals surface area contributed by atoms with Gasteiger partial charge in [0, 0.05) is 1.43 Å². The van der Waals surface area contributed by atoms with Crippen LogP contribution in [0.4, 0.5) is 0 Å². The first-order valence-electron chi connectivity index (χ1n) is 3.56. The van der Waals surface area contributed by atoms with Crippen LogP contribution in [-0.4, -0.2) is 0 Å². The molecule has 1 saturated carbocycles. The second-order valence-electron chi connectivity index (χ2n) is 2.63. The maximum absolute atomic E-state index is 3.78. The Hall–Kier alpha value is -0.260. The summed E-state index contributed by atoms with van der Waals surface area (Å²) < 4.78 is 0. The van der Waals surface area contributed by atoms with Gasteiger partial charge in [-0.1, -0.05) is 25.3 Å². The summed E-state index contributed by atoms with van der Waals surface area (Å²) in [6.45, 7) is 3.78. The fourth-order valence-corrected chi connectivity index (χ4v) is 1.37. The monoisotopic (exact) mass is 112 g/mol. The smallest absolute Gasteiger partial charge is 0 e. The minimum atomic E-state index is 0. The Morgan fingerprint density at radius 2 is 1.88 bits per heavy atom. The van der Waals surface area contributed by atoms with Crippen molar-refractivity contribution in [2.24, 2.45) is 5.92 Å². The van der Waals surface area contributed by atoms with E-state index in [1.54, 1.807) is 0 Å². The van der Waals surface area contributed by atoms with Crippen LogP contribution in [0.15, 0.2) is 12.7 Å². The van der Waals surface area contributed by atoms with Crippen molar-refractivity contribution < 1.29 is 1.43 Å². The maximum Gasteiger partial charge on any atom is 0 e. The normalized spacial score (nSPS) is 23.0. The molecule has 0 aromatic rings. The average molecular weight is 112 g/mol. The Kier molecular flexibility index (Phi) is 2.13. The van der Waals surface area contributed by atoms with E-state index in [-0.39, 0.29) is 1.43 Å². The SMILES string of the molecule is C=CC1CCCCC1.[HH]. The second-order valence-corrected chi connectivity index (χ2v) is 2.63. The van der Waals surface area contributed by atoms with Crippen molar-refractivity contribution >= 4 is 0 Å². The summed E-state index contributed by atoms with van der Waals surface area (Å²) in [6.07, 6.45) is 9.20. The van der Waals surface area contributed by atoms with Crippen LogP contribution >= 0.6 is 0 Å². The molecule has 0 nitrogen and oxygen atoms in total. The van der Waals surface area contributed by atoms with Gasteiger partial charge in [0.05, 0.1) is 0 Å². The van der Waals surface area contributed by atoms with Crippen molar-refractivity contribution in [1.82, 2.24) is 0 Å². The van der Waals surface area contributed by atoms with E-state index >= 15 is 0 Å². The van der Waals surface area contributed by atoms with E-state index in [1.807, 2.05) is 0 Å². The molecule has 0 aromatic carbocycles. The van der Waals surface area contributed by atoms with Gasteiger partial charge in [0.1, 0.15) is 0 Å². The lowest BCUT2D eigenvalue weighted by atomic mass is 9.90. The van der Waals surface area contributed by atoms with E-state index in [0.717, 1.165) is 5.92 Å². The molecule has 0 atom stereocenters. The first kappa shape index (κ1) is 5.87. The number of hydrogen-bond donors (Lipinski definition) is 0. The molecule has 0 bridgehead atoms. The topological polar surface area (TPSA) is 0 Å². The van der Waals surface area contributed by atoms with Crippen LogP contribution in [0.25, 0.3) is 0 Å². The van der Waals surface area contributed by atoms with Crippen molar-refractivity contribution in [2.75, 3.05) is 0 Å². The van der Waals surface area contributed by atoms with Gasteiger partial charge in [0.25, 0.3) is 0 Å². The van der Waals surface area contributed by atoms with Gasteiger partial charge in [-0.2, -0.15) is 0 Å².